The van der Waals surface area contributed by atoms with Gasteiger partial charge in [-0.05, 0) is 55.7 Å². The largest absolute Gasteiger partial charge is 0.485 e. The fourth-order valence-corrected chi connectivity index (χ4v) is 3.83. The summed E-state index contributed by atoms with van der Waals surface area (Å²) in [5.74, 6) is 1.55. The number of amides is 1. The minimum atomic E-state index is -0.142. The Hall–Kier alpha value is -2.77. The smallest absolute Gasteiger partial charge is 0.234 e. The van der Waals surface area contributed by atoms with Gasteiger partial charge >= 0.3 is 0 Å². The van der Waals surface area contributed by atoms with E-state index >= 15 is 0 Å². The predicted molar refractivity (Wildman–Crippen MR) is 126 cm³/mol. The molecule has 0 spiro atoms. The topological polar surface area (TPSA) is 69.0 Å². The van der Waals surface area contributed by atoms with E-state index in [1.807, 2.05) is 49.6 Å². The fraction of sp³-hybridized carbons (Fsp3) is 0.261. The molecule has 3 aromatic rings. The molecule has 2 aromatic carbocycles. The van der Waals surface area contributed by atoms with E-state index in [1.54, 1.807) is 18.2 Å². The third-order valence-electron chi connectivity index (χ3n) is 4.61. The minimum absolute atomic E-state index is 0.142. The number of carbonyl (C=O) groups excluding carboxylic acids is 1. The van der Waals surface area contributed by atoms with Gasteiger partial charge in [-0.2, -0.15) is 0 Å². The summed E-state index contributed by atoms with van der Waals surface area (Å²) in [6, 6.07) is 11.5. The maximum absolute atomic E-state index is 12.4. The molecule has 1 N–H and O–H groups in total. The predicted octanol–water partition coefficient (Wildman–Crippen LogP) is 5.35. The molecule has 0 radical (unpaired) electrons. The molecule has 31 heavy (non-hydrogen) atoms. The Morgan fingerprint density at radius 1 is 1.19 bits per heavy atom. The van der Waals surface area contributed by atoms with Crippen molar-refractivity contribution in [3.63, 3.8) is 0 Å². The van der Waals surface area contributed by atoms with Crippen molar-refractivity contribution in [3.8, 4) is 5.75 Å². The first-order valence-corrected chi connectivity index (χ1v) is 11.2. The van der Waals surface area contributed by atoms with E-state index in [4.69, 9.17) is 16.3 Å². The van der Waals surface area contributed by atoms with E-state index in [0.717, 1.165) is 22.4 Å². The highest BCUT2D eigenvalue weighted by atomic mass is 35.5. The summed E-state index contributed by atoms with van der Waals surface area (Å²) in [6.07, 6.45) is 1.77. The maximum Gasteiger partial charge on any atom is 0.234 e. The number of nitrogens with one attached hydrogen (secondary N) is 1. The number of aromatic nitrogens is 3. The second-order valence-corrected chi connectivity index (χ2v) is 8.53. The molecule has 0 aliphatic heterocycles. The van der Waals surface area contributed by atoms with Gasteiger partial charge in [0.25, 0.3) is 0 Å². The summed E-state index contributed by atoms with van der Waals surface area (Å²) >= 11 is 7.34. The average Bonchev–Trinajstić information content (AvgIpc) is 3.12. The Labute approximate surface area is 191 Å². The van der Waals surface area contributed by atoms with Gasteiger partial charge in [-0.15, -0.1) is 16.8 Å². The molecule has 0 aliphatic rings. The van der Waals surface area contributed by atoms with Gasteiger partial charge in [0.15, 0.2) is 11.0 Å². The molecule has 1 aromatic heterocycles. The zero-order valence-electron chi connectivity index (χ0n) is 17.8. The van der Waals surface area contributed by atoms with Crippen molar-refractivity contribution in [1.82, 2.24) is 14.8 Å². The summed E-state index contributed by atoms with van der Waals surface area (Å²) in [6.45, 7) is 10.6. The number of hydrogen-bond donors (Lipinski definition) is 1. The van der Waals surface area contributed by atoms with E-state index in [-0.39, 0.29) is 18.3 Å². The molecule has 0 atom stereocenters. The molecule has 0 unspecified atom stereocenters. The molecule has 6 nitrogen and oxygen atoms in total. The van der Waals surface area contributed by atoms with Crippen LogP contribution in [0.2, 0.25) is 5.02 Å². The molecule has 0 bridgehead atoms. The van der Waals surface area contributed by atoms with Gasteiger partial charge in [0.05, 0.1) is 5.75 Å². The zero-order valence-corrected chi connectivity index (χ0v) is 19.4. The Morgan fingerprint density at radius 3 is 2.74 bits per heavy atom. The minimum Gasteiger partial charge on any atom is -0.485 e. The van der Waals surface area contributed by atoms with Crippen molar-refractivity contribution in [2.24, 2.45) is 0 Å². The molecule has 0 aliphatic carbocycles. The number of carbonyl (C=O) groups is 1. The molecule has 0 saturated carbocycles. The van der Waals surface area contributed by atoms with Crippen LogP contribution in [0.15, 0.2) is 54.2 Å². The van der Waals surface area contributed by atoms with Crippen LogP contribution in [-0.2, 0) is 17.9 Å². The average molecular weight is 457 g/mol. The number of anilines is 1. The van der Waals surface area contributed by atoms with Gasteiger partial charge < -0.3 is 10.1 Å². The van der Waals surface area contributed by atoms with Crippen LogP contribution in [0.3, 0.4) is 0 Å². The molecule has 1 heterocycles. The maximum atomic E-state index is 12.4. The highest BCUT2D eigenvalue weighted by molar-refractivity contribution is 7.99. The van der Waals surface area contributed by atoms with Crippen molar-refractivity contribution in [1.29, 1.82) is 0 Å². The van der Waals surface area contributed by atoms with E-state index < -0.39 is 0 Å². The number of benzene rings is 2. The molecule has 3 rings (SSSR count). The zero-order chi connectivity index (χ0) is 22.4. The van der Waals surface area contributed by atoms with Crippen LogP contribution >= 0.6 is 23.4 Å². The normalized spacial score (nSPS) is 10.7. The molecule has 162 valence electrons. The van der Waals surface area contributed by atoms with E-state index in [9.17, 15) is 4.79 Å². The molecular formula is C23H25ClN4O2S. The number of hydrogen-bond acceptors (Lipinski definition) is 5. The van der Waals surface area contributed by atoms with Crippen molar-refractivity contribution in [2.45, 2.75) is 39.1 Å². The monoisotopic (exact) mass is 456 g/mol. The van der Waals surface area contributed by atoms with Crippen LogP contribution in [0.25, 0.3) is 0 Å². The van der Waals surface area contributed by atoms with Gasteiger partial charge in [0, 0.05) is 17.3 Å². The number of thioether (sulfide) groups is 1. The van der Waals surface area contributed by atoms with Crippen LogP contribution in [0.5, 0.6) is 5.75 Å². The first-order chi connectivity index (χ1) is 14.9. The van der Waals surface area contributed by atoms with Gasteiger partial charge in [0.2, 0.25) is 5.91 Å². The third kappa shape index (κ3) is 6.12. The molecule has 8 heteroatoms. The Bertz CT molecular complexity index is 1100. The Kier molecular flexibility index (Phi) is 7.76. The number of nitrogens with zero attached hydrogens (tertiary/aromatic N) is 3. The molecule has 0 saturated heterocycles. The highest BCUT2D eigenvalue weighted by Crippen LogP contribution is 2.23. The third-order valence-corrected chi connectivity index (χ3v) is 5.81. The summed E-state index contributed by atoms with van der Waals surface area (Å²) < 4.78 is 7.88. The lowest BCUT2D eigenvalue weighted by atomic mass is 10.1. The quantitative estimate of drug-likeness (QED) is 0.347. The lowest BCUT2D eigenvalue weighted by Gasteiger charge is -2.11. The number of aryl methyl sites for hydroxylation is 3. The number of ether oxygens (including phenoxy) is 1. The van der Waals surface area contributed by atoms with E-state index in [1.165, 1.54) is 11.8 Å². The first kappa shape index (κ1) is 22.9. The number of allylic oxidation sites excluding steroid dienone is 1. The van der Waals surface area contributed by atoms with Gasteiger partial charge in [-0.25, -0.2) is 0 Å². The van der Waals surface area contributed by atoms with Crippen LogP contribution < -0.4 is 10.1 Å². The Morgan fingerprint density at radius 2 is 1.97 bits per heavy atom. The lowest BCUT2D eigenvalue weighted by Crippen LogP contribution is -2.15. The van der Waals surface area contributed by atoms with Crippen molar-refractivity contribution < 1.29 is 9.53 Å². The summed E-state index contributed by atoms with van der Waals surface area (Å²) in [5, 5.41) is 12.6. The number of halogens is 1. The first-order valence-electron chi connectivity index (χ1n) is 9.79. The summed E-state index contributed by atoms with van der Waals surface area (Å²) in [4.78, 5) is 12.4. The number of rotatable bonds is 9. The second kappa shape index (κ2) is 10.5. The molecule has 0 fully saturated rings. The fourth-order valence-electron chi connectivity index (χ4n) is 2.90. The highest BCUT2D eigenvalue weighted by Gasteiger charge is 2.15. The second-order valence-electron chi connectivity index (χ2n) is 7.15. The van der Waals surface area contributed by atoms with Gasteiger partial charge in [-0.1, -0.05) is 47.6 Å². The van der Waals surface area contributed by atoms with Crippen molar-refractivity contribution >= 4 is 35.0 Å². The van der Waals surface area contributed by atoms with E-state index in [2.05, 4.69) is 22.1 Å². The van der Waals surface area contributed by atoms with Crippen LogP contribution in [0.1, 0.15) is 22.5 Å². The van der Waals surface area contributed by atoms with Crippen molar-refractivity contribution in [3.05, 3.63) is 76.6 Å². The molecular weight excluding hydrogens is 432 g/mol. The summed E-state index contributed by atoms with van der Waals surface area (Å²) in [5.41, 5.74) is 3.84. The van der Waals surface area contributed by atoms with Crippen LogP contribution in [0, 0.1) is 20.8 Å². The van der Waals surface area contributed by atoms with Crippen LogP contribution in [-0.4, -0.2) is 26.4 Å². The van der Waals surface area contributed by atoms with Crippen molar-refractivity contribution in [2.75, 3.05) is 11.1 Å². The van der Waals surface area contributed by atoms with Gasteiger partial charge in [0.1, 0.15) is 12.4 Å². The standard InChI is InChI=1S/C23H25ClN4O2S/c1-5-10-28-21(13-30-20-11-15(2)6-7-17(20)4)26-27-23(28)31-14-22(29)25-19-12-18(24)9-8-16(19)3/h5-9,11-12H,1,10,13-14H2,2-4H3,(H,25,29). The van der Waals surface area contributed by atoms with Crippen LogP contribution in [0.4, 0.5) is 5.69 Å². The van der Waals surface area contributed by atoms with Gasteiger partial charge in [-0.3, -0.25) is 9.36 Å². The Balaban J connectivity index is 1.65. The SMILES string of the molecule is C=CCn1c(COc2cc(C)ccc2C)nnc1SCC(=O)Nc1cc(Cl)ccc1C. The lowest BCUT2D eigenvalue weighted by molar-refractivity contribution is -0.113. The van der Waals surface area contributed by atoms with E-state index in [0.29, 0.717) is 28.2 Å². The molecule has 1 amide bonds. The summed E-state index contributed by atoms with van der Waals surface area (Å²) in [7, 11) is 0.